The van der Waals surface area contributed by atoms with Crippen molar-refractivity contribution in [2.75, 3.05) is 12.8 Å². The highest BCUT2D eigenvalue weighted by Crippen LogP contribution is 2.23. The highest BCUT2D eigenvalue weighted by atomic mass is 79.9. The Hall–Kier alpha value is -2.08. The molecule has 2 aromatic carbocycles. The SMILES string of the molecule is COc1cc(C(=O)OCc2ccc(F)c(Br)c2)ccc1N. The first-order valence-electron chi connectivity index (χ1n) is 6.06. The zero-order valence-corrected chi connectivity index (χ0v) is 12.8. The third-order valence-electron chi connectivity index (χ3n) is 2.82. The number of halogens is 2. The van der Waals surface area contributed by atoms with Crippen LogP contribution in [-0.2, 0) is 11.3 Å². The fourth-order valence-corrected chi connectivity index (χ4v) is 2.13. The second kappa shape index (κ2) is 6.58. The number of hydrogen-bond donors (Lipinski definition) is 1. The summed E-state index contributed by atoms with van der Waals surface area (Å²) in [5.74, 6) is -0.462. The van der Waals surface area contributed by atoms with Crippen LogP contribution in [0.4, 0.5) is 10.1 Å². The Kier molecular flexibility index (Phi) is 4.80. The van der Waals surface area contributed by atoms with E-state index >= 15 is 0 Å². The molecule has 0 aliphatic heterocycles. The van der Waals surface area contributed by atoms with Crippen LogP contribution in [-0.4, -0.2) is 13.1 Å². The Morgan fingerprint density at radius 1 is 1.29 bits per heavy atom. The lowest BCUT2D eigenvalue weighted by molar-refractivity contribution is 0.0472. The van der Waals surface area contributed by atoms with E-state index in [-0.39, 0.29) is 12.4 Å². The normalized spacial score (nSPS) is 10.2. The second-order valence-corrected chi connectivity index (χ2v) is 5.14. The lowest BCUT2D eigenvalue weighted by Gasteiger charge is -2.08. The fraction of sp³-hybridized carbons (Fsp3) is 0.133. The zero-order chi connectivity index (χ0) is 15.4. The molecule has 0 atom stereocenters. The molecule has 0 amide bonds. The third-order valence-corrected chi connectivity index (χ3v) is 3.43. The smallest absolute Gasteiger partial charge is 0.338 e. The highest BCUT2D eigenvalue weighted by molar-refractivity contribution is 9.10. The molecule has 0 unspecified atom stereocenters. The number of methoxy groups -OCH3 is 1. The van der Waals surface area contributed by atoms with Crippen molar-refractivity contribution in [1.82, 2.24) is 0 Å². The van der Waals surface area contributed by atoms with Gasteiger partial charge in [0.05, 0.1) is 22.8 Å². The molecule has 0 heterocycles. The maximum absolute atomic E-state index is 13.1. The van der Waals surface area contributed by atoms with Gasteiger partial charge in [0, 0.05) is 0 Å². The summed E-state index contributed by atoms with van der Waals surface area (Å²) in [5.41, 5.74) is 7.13. The monoisotopic (exact) mass is 353 g/mol. The van der Waals surface area contributed by atoms with Crippen molar-refractivity contribution in [3.63, 3.8) is 0 Å². The summed E-state index contributed by atoms with van der Waals surface area (Å²) in [7, 11) is 1.47. The van der Waals surface area contributed by atoms with Crippen molar-refractivity contribution in [1.29, 1.82) is 0 Å². The standard InChI is InChI=1S/C15H13BrFNO3/c1-20-14-7-10(3-5-13(14)18)15(19)21-8-9-2-4-12(17)11(16)6-9/h2-7H,8,18H2,1H3. The quantitative estimate of drug-likeness (QED) is 0.674. The van der Waals surface area contributed by atoms with Gasteiger partial charge in [-0.15, -0.1) is 0 Å². The highest BCUT2D eigenvalue weighted by Gasteiger charge is 2.11. The lowest BCUT2D eigenvalue weighted by Crippen LogP contribution is -2.06. The molecule has 0 bridgehead atoms. The van der Waals surface area contributed by atoms with E-state index in [0.717, 1.165) is 0 Å². The summed E-state index contributed by atoms with van der Waals surface area (Å²) >= 11 is 3.08. The Morgan fingerprint density at radius 2 is 2.05 bits per heavy atom. The molecule has 6 heteroatoms. The first-order chi connectivity index (χ1) is 10.0. The minimum absolute atomic E-state index is 0.0460. The predicted molar refractivity (Wildman–Crippen MR) is 80.6 cm³/mol. The molecule has 0 aromatic heterocycles. The van der Waals surface area contributed by atoms with Gasteiger partial charge in [0.1, 0.15) is 18.2 Å². The van der Waals surface area contributed by atoms with Crippen LogP contribution >= 0.6 is 15.9 Å². The van der Waals surface area contributed by atoms with Crippen molar-refractivity contribution in [3.8, 4) is 5.75 Å². The van der Waals surface area contributed by atoms with Crippen molar-refractivity contribution in [3.05, 3.63) is 57.8 Å². The zero-order valence-electron chi connectivity index (χ0n) is 11.2. The van der Waals surface area contributed by atoms with Crippen LogP contribution in [0, 0.1) is 5.82 Å². The van der Waals surface area contributed by atoms with Gasteiger partial charge in [-0.1, -0.05) is 6.07 Å². The molecular formula is C15H13BrFNO3. The molecule has 0 saturated heterocycles. The number of rotatable bonds is 4. The maximum atomic E-state index is 13.1. The van der Waals surface area contributed by atoms with E-state index in [4.69, 9.17) is 15.2 Å². The number of carbonyl (C=O) groups is 1. The molecule has 0 aliphatic carbocycles. The minimum atomic E-state index is -0.506. The van der Waals surface area contributed by atoms with Gasteiger partial charge < -0.3 is 15.2 Å². The Labute approximate surface area is 129 Å². The molecule has 2 rings (SSSR count). The molecule has 4 nitrogen and oxygen atoms in total. The molecule has 0 fully saturated rings. The van der Waals surface area contributed by atoms with Gasteiger partial charge in [0.15, 0.2) is 0 Å². The minimum Gasteiger partial charge on any atom is -0.495 e. The average Bonchev–Trinajstić information content (AvgIpc) is 2.48. The van der Waals surface area contributed by atoms with E-state index in [1.807, 2.05) is 0 Å². The molecule has 2 N–H and O–H groups in total. The maximum Gasteiger partial charge on any atom is 0.338 e. The Bertz CT molecular complexity index is 676. The van der Waals surface area contributed by atoms with Crippen LogP contribution in [0.1, 0.15) is 15.9 Å². The van der Waals surface area contributed by atoms with Gasteiger partial charge in [0.25, 0.3) is 0 Å². The molecule has 0 saturated carbocycles. The molecule has 0 aliphatic rings. The summed E-state index contributed by atoms with van der Waals surface area (Å²) in [5, 5.41) is 0. The van der Waals surface area contributed by atoms with Crippen LogP contribution in [0.15, 0.2) is 40.9 Å². The topological polar surface area (TPSA) is 61.5 Å². The van der Waals surface area contributed by atoms with Crippen molar-refractivity contribution in [2.24, 2.45) is 0 Å². The largest absolute Gasteiger partial charge is 0.495 e. The molecule has 0 radical (unpaired) electrons. The number of nitrogen functional groups attached to an aromatic ring is 1. The number of benzene rings is 2. The van der Waals surface area contributed by atoms with E-state index in [1.165, 1.54) is 19.2 Å². The lowest BCUT2D eigenvalue weighted by atomic mass is 10.2. The second-order valence-electron chi connectivity index (χ2n) is 4.28. The number of esters is 1. The van der Waals surface area contributed by atoms with E-state index in [9.17, 15) is 9.18 Å². The number of nitrogens with two attached hydrogens (primary N) is 1. The predicted octanol–water partition coefficient (Wildman–Crippen LogP) is 3.54. The van der Waals surface area contributed by atoms with Crippen LogP contribution in [0.3, 0.4) is 0 Å². The molecular weight excluding hydrogens is 341 g/mol. The fourth-order valence-electron chi connectivity index (χ4n) is 1.70. The molecule has 0 spiro atoms. The van der Waals surface area contributed by atoms with E-state index in [0.29, 0.717) is 27.0 Å². The van der Waals surface area contributed by atoms with Crippen LogP contribution in [0.25, 0.3) is 0 Å². The van der Waals surface area contributed by atoms with Gasteiger partial charge in [-0.25, -0.2) is 9.18 Å². The number of anilines is 1. The van der Waals surface area contributed by atoms with Crippen molar-refractivity contribution < 1.29 is 18.7 Å². The number of carbonyl (C=O) groups excluding carboxylic acids is 1. The van der Waals surface area contributed by atoms with Gasteiger partial charge in [-0.2, -0.15) is 0 Å². The molecule has 21 heavy (non-hydrogen) atoms. The molecule has 110 valence electrons. The van der Waals surface area contributed by atoms with Gasteiger partial charge in [-0.05, 0) is 51.8 Å². The van der Waals surface area contributed by atoms with Gasteiger partial charge >= 0.3 is 5.97 Å². The summed E-state index contributed by atoms with van der Waals surface area (Å²) in [6.45, 7) is 0.0460. The van der Waals surface area contributed by atoms with E-state index < -0.39 is 5.97 Å². The van der Waals surface area contributed by atoms with Crippen LogP contribution < -0.4 is 10.5 Å². The van der Waals surface area contributed by atoms with Crippen LogP contribution in [0.2, 0.25) is 0 Å². The summed E-state index contributed by atoms with van der Waals surface area (Å²) in [6, 6.07) is 9.06. The summed E-state index contributed by atoms with van der Waals surface area (Å²) in [4.78, 5) is 11.9. The molecule has 2 aromatic rings. The summed E-state index contributed by atoms with van der Waals surface area (Å²) in [6.07, 6.45) is 0. The first kappa shape index (κ1) is 15.3. The summed E-state index contributed by atoms with van der Waals surface area (Å²) < 4.78 is 23.6. The number of hydrogen-bond acceptors (Lipinski definition) is 4. The Balaban J connectivity index is 2.06. The first-order valence-corrected chi connectivity index (χ1v) is 6.85. The van der Waals surface area contributed by atoms with Crippen LogP contribution in [0.5, 0.6) is 5.75 Å². The average molecular weight is 354 g/mol. The van der Waals surface area contributed by atoms with E-state index in [2.05, 4.69) is 15.9 Å². The van der Waals surface area contributed by atoms with Crippen molar-refractivity contribution >= 4 is 27.6 Å². The Morgan fingerprint density at radius 3 is 2.71 bits per heavy atom. The third kappa shape index (κ3) is 3.72. The van der Waals surface area contributed by atoms with Gasteiger partial charge in [0.2, 0.25) is 0 Å². The van der Waals surface area contributed by atoms with Gasteiger partial charge in [-0.3, -0.25) is 0 Å². The van der Waals surface area contributed by atoms with E-state index in [1.54, 1.807) is 24.3 Å². The van der Waals surface area contributed by atoms with Crippen molar-refractivity contribution in [2.45, 2.75) is 6.61 Å². The number of ether oxygens (including phenoxy) is 2.